The minimum atomic E-state index is -0.702. The van der Waals surface area contributed by atoms with E-state index in [2.05, 4.69) is 4.98 Å². The Hall–Kier alpha value is -1.13. The third-order valence-electron chi connectivity index (χ3n) is 2.52. The second-order valence-electron chi connectivity index (χ2n) is 3.78. The lowest BCUT2D eigenvalue weighted by atomic mass is 10.1. The van der Waals surface area contributed by atoms with Crippen molar-refractivity contribution < 1.29 is 9.90 Å². The molecule has 0 aliphatic carbocycles. The zero-order valence-corrected chi connectivity index (χ0v) is 11.8. The molecule has 1 N–H and O–H groups in total. The van der Waals surface area contributed by atoms with E-state index in [1.165, 1.54) is 6.07 Å². The van der Waals surface area contributed by atoms with Gasteiger partial charge in [-0.25, -0.2) is 4.98 Å². The van der Waals surface area contributed by atoms with Crippen LogP contribution in [0.15, 0.2) is 30.3 Å². The first-order chi connectivity index (χ1) is 9.02. The van der Waals surface area contributed by atoms with Crippen LogP contribution in [-0.2, 0) is 6.61 Å². The van der Waals surface area contributed by atoms with Crippen LogP contribution in [0.4, 0.5) is 0 Å². The van der Waals surface area contributed by atoms with E-state index in [1.807, 2.05) is 0 Å². The fourth-order valence-corrected chi connectivity index (χ4v) is 2.05. The van der Waals surface area contributed by atoms with Crippen molar-refractivity contribution in [3.63, 3.8) is 0 Å². The molecule has 19 heavy (non-hydrogen) atoms. The SMILES string of the molecule is O=C(Cl)c1cc(Cl)c(Cl)c(-c2ccc(CO)cc2)n1. The summed E-state index contributed by atoms with van der Waals surface area (Å²) in [7, 11) is 0. The lowest BCUT2D eigenvalue weighted by Crippen LogP contribution is -1.97. The van der Waals surface area contributed by atoms with E-state index < -0.39 is 5.24 Å². The van der Waals surface area contributed by atoms with Gasteiger partial charge in [-0.05, 0) is 23.2 Å². The van der Waals surface area contributed by atoms with Crippen LogP contribution < -0.4 is 0 Å². The predicted molar refractivity (Wildman–Crippen MR) is 75.8 cm³/mol. The summed E-state index contributed by atoms with van der Waals surface area (Å²) in [6.45, 7) is -0.0532. The molecule has 6 heteroatoms. The van der Waals surface area contributed by atoms with Gasteiger partial charge in [0.15, 0.2) is 0 Å². The summed E-state index contributed by atoms with van der Waals surface area (Å²) in [5, 5.41) is 8.75. The maximum Gasteiger partial charge on any atom is 0.270 e. The molecule has 2 rings (SSSR count). The van der Waals surface area contributed by atoms with E-state index in [0.29, 0.717) is 11.3 Å². The highest BCUT2D eigenvalue weighted by molar-refractivity contribution is 6.67. The molecule has 0 aliphatic rings. The second kappa shape index (κ2) is 5.88. The Morgan fingerprint density at radius 2 is 1.84 bits per heavy atom. The van der Waals surface area contributed by atoms with Gasteiger partial charge in [0.05, 0.1) is 22.3 Å². The van der Waals surface area contributed by atoms with Gasteiger partial charge in [-0.1, -0.05) is 47.5 Å². The summed E-state index contributed by atoms with van der Waals surface area (Å²) >= 11 is 17.4. The number of nitrogens with zero attached hydrogens (tertiary/aromatic N) is 1. The van der Waals surface area contributed by atoms with E-state index in [9.17, 15) is 4.79 Å². The number of aliphatic hydroxyl groups is 1. The first-order valence-corrected chi connectivity index (χ1v) is 6.42. The molecule has 0 saturated heterocycles. The molecule has 2 aromatic rings. The summed E-state index contributed by atoms with van der Waals surface area (Å²) in [5.41, 5.74) is 1.86. The molecule has 0 saturated carbocycles. The Bertz CT molecular complexity index is 627. The first kappa shape index (κ1) is 14.3. The van der Waals surface area contributed by atoms with E-state index in [4.69, 9.17) is 39.9 Å². The monoisotopic (exact) mass is 315 g/mol. The number of aromatic nitrogens is 1. The van der Waals surface area contributed by atoms with Crippen molar-refractivity contribution in [3.8, 4) is 11.3 Å². The van der Waals surface area contributed by atoms with E-state index in [-0.39, 0.29) is 22.3 Å². The number of benzene rings is 1. The lowest BCUT2D eigenvalue weighted by molar-refractivity contribution is 0.107. The fourth-order valence-electron chi connectivity index (χ4n) is 1.56. The van der Waals surface area contributed by atoms with Crippen molar-refractivity contribution in [1.82, 2.24) is 4.98 Å². The van der Waals surface area contributed by atoms with Crippen molar-refractivity contribution in [2.45, 2.75) is 6.61 Å². The minimum Gasteiger partial charge on any atom is -0.392 e. The smallest absolute Gasteiger partial charge is 0.270 e. The molecular formula is C13H8Cl3NO2. The molecule has 0 radical (unpaired) electrons. The Morgan fingerprint density at radius 1 is 1.21 bits per heavy atom. The number of rotatable bonds is 3. The van der Waals surface area contributed by atoms with Crippen LogP contribution in [-0.4, -0.2) is 15.3 Å². The lowest BCUT2D eigenvalue weighted by Gasteiger charge is -2.07. The zero-order valence-electron chi connectivity index (χ0n) is 9.53. The van der Waals surface area contributed by atoms with Gasteiger partial charge in [0.2, 0.25) is 0 Å². The van der Waals surface area contributed by atoms with Crippen LogP contribution in [0.5, 0.6) is 0 Å². The molecule has 0 fully saturated rings. The zero-order chi connectivity index (χ0) is 14.0. The van der Waals surface area contributed by atoms with Crippen LogP contribution in [0.1, 0.15) is 16.1 Å². The van der Waals surface area contributed by atoms with Crippen LogP contribution in [0.25, 0.3) is 11.3 Å². The number of hydrogen-bond donors (Lipinski definition) is 1. The normalized spacial score (nSPS) is 10.5. The standard InChI is InChI=1S/C13H8Cl3NO2/c14-9-5-10(13(16)19)17-12(11(9)15)8-3-1-7(6-18)2-4-8/h1-5,18H,6H2. The number of carbonyl (C=O) groups is 1. The molecule has 1 aromatic carbocycles. The Balaban J connectivity index is 2.56. The summed E-state index contributed by atoms with van der Waals surface area (Å²) in [6.07, 6.45) is 0. The van der Waals surface area contributed by atoms with Gasteiger partial charge in [0, 0.05) is 5.56 Å². The topological polar surface area (TPSA) is 50.2 Å². The maximum absolute atomic E-state index is 11.2. The van der Waals surface area contributed by atoms with Gasteiger partial charge < -0.3 is 5.11 Å². The third-order valence-corrected chi connectivity index (χ3v) is 3.50. The number of carbonyl (C=O) groups excluding carboxylic acids is 1. The highest BCUT2D eigenvalue weighted by Gasteiger charge is 2.14. The largest absolute Gasteiger partial charge is 0.392 e. The summed E-state index contributed by atoms with van der Waals surface area (Å²) in [6, 6.07) is 8.26. The molecule has 0 unspecified atom stereocenters. The van der Waals surface area contributed by atoms with Crippen LogP contribution >= 0.6 is 34.8 Å². The third kappa shape index (κ3) is 3.07. The number of pyridine rings is 1. The van der Waals surface area contributed by atoms with Crippen LogP contribution in [0, 0.1) is 0 Å². The van der Waals surface area contributed by atoms with Crippen LogP contribution in [0.3, 0.4) is 0 Å². The minimum absolute atomic E-state index is 0.0392. The van der Waals surface area contributed by atoms with Crippen LogP contribution in [0.2, 0.25) is 10.0 Å². The molecule has 0 aliphatic heterocycles. The van der Waals surface area contributed by atoms with Crippen molar-refractivity contribution in [3.05, 3.63) is 51.6 Å². The maximum atomic E-state index is 11.2. The fraction of sp³-hybridized carbons (Fsp3) is 0.0769. The van der Waals surface area contributed by atoms with Gasteiger partial charge in [-0.3, -0.25) is 4.79 Å². The highest BCUT2D eigenvalue weighted by Crippen LogP contribution is 2.33. The van der Waals surface area contributed by atoms with Crippen molar-refractivity contribution in [2.75, 3.05) is 0 Å². The molecule has 1 heterocycles. The van der Waals surface area contributed by atoms with Crippen molar-refractivity contribution >= 4 is 40.0 Å². The quantitative estimate of drug-likeness (QED) is 0.873. The van der Waals surface area contributed by atoms with Gasteiger partial charge >= 0.3 is 0 Å². The van der Waals surface area contributed by atoms with E-state index in [0.717, 1.165) is 5.56 Å². The molecule has 0 amide bonds. The number of hydrogen-bond acceptors (Lipinski definition) is 3. The molecule has 0 bridgehead atoms. The summed E-state index contributed by atoms with van der Waals surface area (Å²) in [4.78, 5) is 15.3. The highest BCUT2D eigenvalue weighted by atomic mass is 35.5. The Morgan fingerprint density at radius 3 is 2.37 bits per heavy atom. The number of aliphatic hydroxyl groups excluding tert-OH is 1. The average Bonchev–Trinajstić information content (AvgIpc) is 2.41. The molecule has 3 nitrogen and oxygen atoms in total. The van der Waals surface area contributed by atoms with Crippen molar-refractivity contribution in [1.29, 1.82) is 0 Å². The Kier molecular flexibility index (Phi) is 4.42. The summed E-state index contributed by atoms with van der Waals surface area (Å²) < 4.78 is 0. The second-order valence-corrected chi connectivity index (χ2v) is 4.91. The van der Waals surface area contributed by atoms with Gasteiger partial charge in [-0.2, -0.15) is 0 Å². The average molecular weight is 317 g/mol. The summed E-state index contributed by atoms with van der Waals surface area (Å²) in [5.74, 6) is 0. The molecular weight excluding hydrogens is 309 g/mol. The van der Waals surface area contributed by atoms with Gasteiger partial charge in [-0.15, -0.1) is 0 Å². The van der Waals surface area contributed by atoms with E-state index >= 15 is 0 Å². The Labute approximate surface area is 124 Å². The van der Waals surface area contributed by atoms with E-state index in [1.54, 1.807) is 24.3 Å². The predicted octanol–water partition coefficient (Wildman–Crippen LogP) is 3.93. The van der Waals surface area contributed by atoms with Gasteiger partial charge in [0.25, 0.3) is 5.24 Å². The molecule has 98 valence electrons. The molecule has 0 atom stereocenters. The molecule has 1 aromatic heterocycles. The molecule has 0 spiro atoms. The first-order valence-electron chi connectivity index (χ1n) is 5.29. The number of halogens is 3. The van der Waals surface area contributed by atoms with Gasteiger partial charge in [0.1, 0.15) is 5.69 Å². The van der Waals surface area contributed by atoms with Crippen molar-refractivity contribution in [2.24, 2.45) is 0 Å².